The minimum absolute atomic E-state index is 0.0605. The van der Waals surface area contributed by atoms with Crippen molar-refractivity contribution in [1.29, 1.82) is 0 Å². The summed E-state index contributed by atoms with van der Waals surface area (Å²) in [6, 6.07) is 17.7. The number of fused-ring (bicyclic) bond motifs is 1. The van der Waals surface area contributed by atoms with Gasteiger partial charge in [-0.25, -0.2) is 0 Å². The van der Waals surface area contributed by atoms with E-state index >= 15 is 0 Å². The number of carbonyl (C=O) groups is 1. The van der Waals surface area contributed by atoms with Crippen molar-refractivity contribution >= 4 is 16.6 Å². The van der Waals surface area contributed by atoms with Gasteiger partial charge in [-0.2, -0.15) is 0 Å². The quantitative estimate of drug-likeness (QED) is 0.638. The molecular formula is C17H13NO. The fourth-order valence-electron chi connectivity index (χ4n) is 2.33. The first-order valence-electron chi connectivity index (χ1n) is 6.21. The van der Waals surface area contributed by atoms with Crippen molar-refractivity contribution in [2.24, 2.45) is 0 Å². The molecular weight excluding hydrogens is 234 g/mol. The van der Waals surface area contributed by atoms with Crippen LogP contribution in [0.4, 0.5) is 0 Å². The van der Waals surface area contributed by atoms with Crippen molar-refractivity contribution in [1.82, 2.24) is 4.98 Å². The van der Waals surface area contributed by atoms with Crippen molar-refractivity contribution in [2.45, 2.75) is 6.92 Å². The van der Waals surface area contributed by atoms with Gasteiger partial charge in [0, 0.05) is 22.7 Å². The zero-order valence-corrected chi connectivity index (χ0v) is 10.6. The number of benzene rings is 2. The Labute approximate surface area is 111 Å². The van der Waals surface area contributed by atoms with Crippen LogP contribution in [0.3, 0.4) is 0 Å². The molecule has 0 radical (unpaired) electrons. The first-order valence-corrected chi connectivity index (χ1v) is 6.21. The second-order valence-corrected chi connectivity index (χ2v) is 4.48. The molecule has 1 heterocycles. The topological polar surface area (TPSA) is 30.0 Å². The van der Waals surface area contributed by atoms with Gasteiger partial charge >= 0.3 is 0 Å². The smallest absolute Gasteiger partial charge is 0.160 e. The lowest BCUT2D eigenvalue weighted by Gasteiger charge is -2.09. The molecule has 0 unspecified atom stereocenters. The lowest BCUT2D eigenvalue weighted by atomic mass is 9.98. The van der Waals surface area contributed by atoms with Crippen LogP contribution in [0.5, 0.6) is 0 Å². The number of hydrogen-bond acceptors (Lipinski definition) is 2. The number of rotatable bonds is 2. The largest absolute Gasteiger partial charge is 0.294 e. The monoisotopic (exact) mass is 247 g/mol. The maximum absolute atomic E-state index is 11.7. The van der Waals surface area contributed by atoms with E-state index in [4.69, 9.17) is 0 Å². The van der Waals surface area contributed by atoms with Crippen LogP contribution in [0.15, 0.2) is 60.8 Å². The van der Waals surface area contributed by atoms with Crippen molar-refractivity contribution in [2.75, 3.05) is 0 Å². The summed E-state index contributed by atoms with van der Waals surface area (Å²) in [6.07, 6.45) is 1.79. The lowest BCUT2D eigenvalue weighted by molar-refractivity contribution is 0.101. The molecule has 2 nitrogen and oxygen atoms in total. The van der Waals surface area contributed by atoms with Crippen LogP contribution in [0.25, 0.3) is 22.0 Å². The summed E-state index contributed by atoms with van der Waals surface area (Å²) in [7, 11) is 0. The summed E-state index contributed by atoms with van der Waals surface area (Å²) in [5.74, 6) is 0.0605. The standard InChI is InChI=1S/C17H13NO/c1-12(19)14-7-4-5-9-16(14)17-15-8-3-2-6-13(15)10-11-18-17/h2-11H,1H3. The molecule has 19 heavy (non-hydrogen) atoms. The van der Waals surface area contributed by atoms with Gasteiger partial charge in [0.1, 0.15) is 0 Å². The number of pyridine rings is 1. The molecule has 0 spiro atoms. The molecule has 0 bridgehead atoms. The average molecular weight is 247 g/mol. The maximum atomic E-state index is 11.7. The van der Waals surface area contributed by atoms with Crippen LogP contribution in [0.1, 0.15) is 17.3 Å². The second-order valence-electron chi connectivity index (χ2n) is 4.48. The van der Waals surface area contributed by atoms with Crippen molar-refractivity contribution in [3.8, 4) is 11.3 Å². The second kappa shape index (κ2) is 4.65. The SMILES string of the molecule is CC(=O)c1ccccc1-c1nccc2ccccc12. The number of Topliss-reactive ketones (excluding diaryl/α,β-unsaturated/α-hetero) is 1. The molecule has 0 fully saturated rings. The number of ketones is 1. The van der Waals surface area contributed by atoms with Gasteiger partial charge in [0.15, 0.2) is 5.78 Å². The van der Waals surface area contributed by atoms with E-state index in [-0.39, 0.29) is 5.78 Å². The summed E-state index contributed by atoms with van der Waals surface area (Å²) >= 11 is 0. The van der Waals surface area contributed by atoms with Gasteiger partial charge in [0.25, 0.3) is 0 Å². The molecule has 3 aromatic rings. The van der Waals surface area contributed by atoms with Crippen molar-refractivity contribution < 1.29 is 4.79 Å². The van der Waals surface area contributed by atoms with Crippen LogP contribution in [-0.4, -0.2) is 10.8 Å². The normalized spacial score (nSPS) is 10.6. The molecule has 0 saturated heterocycles. The third-order valence-corrected chi connectivity index (χ3v) is 3.24. The summed E-state index contributed by atoms with van der Waals surface area (Å²) in [5, 5.41) is 2.20. The predicted octanol–water partition coefficient (Wildman–Crippen LogP) is 4.10. The molecule has 1 aromatic heterocycles. The highest BCUT2D eigenvalue weighted by molar-refractivity contribution is 6.04. The third-order valence-electron chi connectivity index (χ3n) is 3.24. The minimum atomic E-state index is 0.0605. The fraction of sp³-hybridized carbons (Fsp3) is 0.0588. The van der Waals surface area contributed by atoms with Crippen LogP contribution >= 0.6 is 0 Å². The Balaban J connectivity index is 2.34. The Bertz CT molecular complexity index is 757. The van der Waals surface area contributed by atoms with E-state index in [1.807, 2.05) is 48.5 Å². The van der Waals surface area contributed by atoms with Gasteiger partial charge in [-0.1, -0.05) is 48.5 Å². The van der Waals surface area contributed by atoms with E-state index in [0.717, 1.165) is 22.0 Å². The first-order chi connectivity index (χ1) is 9.27. The van der Waals surface area contributed by atoms with E-state index in [9.17, 15) is 4.79 Å². The molecule has 0 aliphatic heterocycles. The summed E-state index contributed by atoms with van der Waals surface area (Å²) in [4.78, 5) is 16.2. The zero-order chi connectivity index (χ0) is 13.2. The molecule has 0 saturated carbocycles. The number of nitrogens with zero attached hydrogens (tertiary/aromatic N) is 1. The Morgan fingerprint density at radius 3 is 2.53 bits per heavy atom. The molecule has 92 valence electrons. The van der Waals surface area contributed by atoms with Crippen LogP contribution < -0.4 is 0 Å². The van der Waals surface area contributed by atoms with E-state index in [0.29, 0.717) is 5.56 Å². The van der Waals surface area contributed by atoms with Gasteiger partial charge in [-0.3, -0.25) is 9.78 Å². The molecule has 0 N–H and O–H groups in total. The molecule has 2 heteroatoms. The highest BCUT2D eigenvalue weighted by Gasteiger charge is 2.11. The van der Waals surface area contributed by atoms with Gasteiger partial charge in [0.2, 0.25) is 0 Å². The van der Waals surface area contributed by atoms with E-state index in [1.165, 1.54) is 0 Å². The van der Waals surface area contributed by atoms with Gasteiger partial charge < -0.3 is 0 Å². The summed E-state index contributed by atoms with van der Waals surface area (Å²) < 4.78 is 0. The zero-order valence-electron chi connectivity index (χ0n) is 10.6. The van der Waals surface area contributed by atoms with E-state index in [2.05, 4.69) is 11.1 Å². The Morgan fingerprint density at radius 1 is 0.947 bits per heavy atom. The predicted molar refractivity (Wildman–Crippen MR) is 77.2 cm³/mol. The third kappa shape index (κ3) is 2.02. The molecule has 3 rings (SSSR count). The highest BCUT2D eigenvalue weighted by Crippen LogP contribution is 2.28. The fourth-order valence-corrected chi connectivity index (χ4v) is 2.33. The molecule has 0 aliphatic rings. The molecule has 2 aromatic carbocycles. The average Bonchev–Trinajstić information content (AvgIpc) is 2.46. The number of carbonyl (C=O) groups excluding carboxylic acids is 1. The van der Waals surface area contributed by atoms with Crippen LogP contribution in [0, 0.1) is 0 Å². The van der Waals surface area contributed by atoms with Gasteiger partial charge in [-0.05, 0) is 18.4 Å². The Kier molecular flexibility index (Phi) is 2.84. The molecule has 0 amide bonds. The number of aromatic nitrogens is 1. The Hall–Kier alpha value is -2.48. The summed E-state index contributed by atoms with van der Waals surface area (Å²) in [5.41, 5.74) is 2.47. The number of hydrogen-bond donors (Lipinski definition) is 0. The summed E-state index contributed by atoms with van der Waals surface area (Å²) in [6.45, 7) is 1.59. The molecule has 0 aliphatic carbocycles. The minimum Gasteiger partial charge on any atom is -0.294 e. The molecule has 0 atom stereocenters. The van der Waals surface area contributed by atoms with Crippen molar-refractivity contribution in [3.63, 3.8) is 0 Å². The van der Waals surface area contributed by atoms with Crippen LogP contribution in [-0.2, 0) is 0 Å². The van der Waals surface area contributed by atoms with Gasteiger partial charge in [-0.15, -0.1) is 0 Å². The highest BCUT2D eigenvalue weighted by atomic mass is 16.1. The lowest BCUT2D eigenvalue weighted by Crippen LogP contribution is -1.97. The Morgan fingerprint density at radius 2 is 1.68 bits per heavy atom. The first kappa shape index (κ1) is 11.6. The van der Waals surface area contributed by atoms with E-state index < -0.39 is 0 Å². The maximum Gasteiger partial charge on any atom is 0.160 e. The van der Waals surface area contributed by atoms with Crippen LogP contribution in [0.2, 0.25) is 0 Å². The van der Waals surface area contributed by atoms with Crippen molar-refractivity contribution in [3.05, 3.63) is 66.4 Å². The van der Waals surface area contributed by atoms with E-state index in [1.54, 1.807) is 13.1 Å². The van der Waals surface area contributed by atoms with Gasteiger partial charge in [0.05, 0.1) is 5.69 Å².